The second-order valence-corrected chi connectivity index (χ2v) is 5.29. The molecule has 1 aliphatic rings. The van der Waals surface area contributed by atoms with Crippen LogP contribution >= 0.6 is 0 Å². The molecule has 88 valence electrons. The average molecular weight is 214 g/mol. The molecule has 0 heterocycles. The molecule has 0 amide bonds. The molecule has 1 aliphatic carbocycles. The van der Waals surface area contributed by atoms with E-state index in [9.17, 15) is 4.79 Å². The van der Waals surface area contributed by atoms with Gasteiger partial charge in [0, 0.05) is 26.1 Å². The van der Waals surface area contributed by atoms with Crippen LogP contribution in [0.5, 0.6) is 0 Å². The molecule has 0 unspecified atom stereocenters. The highest BCUT2D eigenvalue weighted by Crippen LogP contribution is 2.47. The zero-order chi connectivity index (χ0) is 11.6. The Labute approximate surface area is 92.1 Å². The van der Waals surface area contributed by atoms with Gasteiger partial charge in [-0.05, 0) is 25.2 Å². The third-order valence-corrected chi connectivity index (χ3v) is 3.41. The molecule has 3 nitrogen and oxygen atoms in total. The molecule has 1 fully saturated rings. The summed E-state index contributed by atoms with van der Waals surface area (Å²) < 4.78 is 10.6. The lowest BCUT2D eigenvalue weighted by atomic mass is 9.90. The number of Topliss-reactive ketones (excluding diaryl/α,β-unsaturated/α-hetero) is 1. The number of ether oxygens (including phenoxy) is 2. The monoisotopic (exact) mass is 214 g/mol. The first-order chi connectivity index (χ1) is 6.91. The Kier molecular flexibility index (Phi) is 3.90. The SMILES string of the molecule is COC(OC)[C@@H]1CC(C)(C)C[C@@H]1C(C)=O. The summed E-state index contributed by atoms with van der Waals surface area (Å²) in [5.41, 5.74) is 0.219. The summed E-state index contributed by atoms with van der Waals surface area (Å²) in [6, 6.07) is 0. The summed E-state index contributed by atoms with van der Waals surface area (Å²) in [5, 5.41) is 0. The molecule has 0 radical (unpaired) electrons. The van der Waals surface area contributed by atoms with Gasteiger partial charge in [0.1, 0.15) is 5.78 Å². The van der Waals surface area contributed by atoms with Gasteiger partial charge in [-0.15, -0.1) is 0 Å². The van der Waals surface area contributed by atoms with Crippen LogP contribution in [0.15, 0.2) is 0 Å². The normalized spacial score (nSPS) is 29.7. The van der Waals surface area contributed by atoms with Crippen LogP contribution in [0.2, 0.25) is 0 Å². The lowest BCUT2D eigenvalue weighted by Crippen LogP contribution is -2.30. The maximum Gasteiger partial charge on any atom is 0.160 e. The van der Waals surface area contributed by atoms with Gasteiger partial charge in [-0.2, -0.15) is 0 Å². The summed E-state index contributed by atoms with van der Waals surface area (Å²) in [6.45, 7) is 6.07. The van der Waals surface area contributed by atoms with Crippen LogP contribution in [0.3, 0.4) is 0 Å². The summed E-state index contributed by atoms with van der Waals surface area (Å²) in [5.74, 6) is 0.544. The molecule has 0 bridgehead atoms. The molecule has 0 N–H and O–H groups in total. The molecule has 0 aromatic rings. The van der Waals surface area contributed by atoms with E-state index in [0.29, 0.717) is 0 Å². The Morgan fingerprint density at radius 1 is 1.27 bits per heavy atom. The zero-order valence-electron chi connectivity index (χ0n) is 10.4. The van der Waals surface area contributed by atoms with E-state index < -0.39 is 0 Å². The first-order valence-electron chi connectivity index (χ1n) is 5.47. The second-order valence-electron chi connectivity index (χ2n) is 5.29. The number of carbonyl (C=O) groups is 1. The number of hydrogen-bond acceptors (Lipinski definition) is 3. The van der Waals surface area contributed by atoms with E-state index in [4.69, 9.17) is 9.47 Å². The smallest absolute Gasteiger partial charge is 0.160 e. The Morgan fingerprint density at radius 3 is 2.20 bits per heavy atom. The van der Waals surface area contributed by atoms with E-state index in [1.54, 1.807) is 21.1 Å². The van der Waals surface area contributed by atoms with Crippen LogP contribution in [-0.4, -0.2) is 26.3 Å². The lowest BCUT2D eigenvalue weighted by molar-refractivity contribution is -0.152. The van der Waals surface area contributed by atoms with Crippen LogP contribution in [0, 0.1) is 17.3 Å². The average Bonchev–Trinajstić information content (AvgIpc) is 2.44. The number of hydrogen-bond donors (Lipinski definition) is 0. The van der Waals surface area contributed by atoms with Crippen molar-refractivity contribution in [3.8, 4) is 0 Å². The molecule has 0 aliphatic heterocycles. The largest absolute Gasteiger partial charge is 0.356 e. The van der Waals surface area contributed by atoms with E-state index in [2.05, 4.69) is 13.8 Å². The first-order valence-corrected chi connectivity index (χ1v) is 5.47. The predicted molar refractivity (Wildman–Crippen MR) is 58.5 cm³/mol. The van der Waals surface area contributed by atoms with Gasteiger partial charge in [0.15, 0.2) is 6.29 Å². The minimum Gasteiger partial charge on any atom is -0.356 e. The third-order valence-electron chi connectivity index (χ3n) is 3.41. The zero-order valence-corrected chi connectivity index (χ0v) is 10.4. The van der Waals surface area contributed by atoms with Crippen LogP contribution in [0.4, 0.5) is 0 Å². The Balaban J connectivity index is 2.81. The molecule has 0 aromatic carbocycles. The van der Waals surface area contributed by atoms with Crippen molar-refractivity contribution < 1.29 is 14.3 Å². The highest BCUT2D eigenvalue weighted by atomic mass is 16.7. The van der Waals surface area contributed by atoms with Gasteiger partial charge >= 0.3 is 0 Å². The Hall–Kier alpha value is -0.410. The van der Waals surface area contributed by atoms with Crippen LogP contribution in [0.1, 0.15) is 33.6 Å². The summed E-state index contributed by atoms with van der Waals surface area (Å²) in [4.78, 5) is 11.6. The van der Waals surface area contributed by atoms with Gasteiger partial charge in [-0.25, -0.2) is 0 Å². The van der Waals surface area contributed by atoms with Crippen molar-refractivity contribution in [3.63, 3.8) is 0 Å². The van der Waals surface area contributed by atoms with Crippen molar-refractivity contribution in [2.24, 2.45) is 17.3 Å². The third kappa shape index (κ3) is 2.79. The molecule has 2 atom stereocenters. The predicted octanol–water partition coefficient (Wildman–Crippen LogP) is 2.25. The van der Waals surface area contributed by atoms with Crippen molar-refractivity contribution in [2.75, 3.05) is 14.2 Å². The fourth-order valence-corrected chi connectivity index (χ4v) is 2.79. The summed E-state index contributed by atoms with van der Waals surface area (Å²) in [7, 11) is 3.27. The minimum atomic E-state index is -0.249. The number of carbonyl (C=O) groups excluding carboxylic acids is 1. The molecule has 3 heteroatoms. The molecule has 0 spiro atoms. The minimum absolute atomic E-state index is 0.0879. The molecule has 0 aromatic heterocycles. The molecule has 15 heavy (non-hydrogen) atoms. The number of methoxy groups -OCH3 is 2. The fourth-order valence-electron chi connectivity index (χ4n) is 2.79. The highest BCUT2D eigenvalue weighted by Gasteiger charge is 2.45. The van der Waals surface area contributed by atoms with Gasteiger partial charge in [-0.3, -0.25) is 4.79 Å². The first kappa shape index (κ1) is 12.7. The second kappa shape index (κ2) is 4.62. The molecule has 0 saturated heterocycles. The quantitative estimate of drug-likeness (QED) is 0.673. The fraction of sp³-hybridized carbons (Fsp3) is 0.917. The topological polar surface area (TPSA) is 35.5 Å². The van der Waals surface area contributed by atoms with Crippen LogP contribution < -0.4 is 0 Å². The van der Waals surface area contributed by atoms with Gasteiger partial charge in [0.2, 0.25) is 0 Å². The van der Waals surface area contributed by atoms with E-state index in [1.165, 1.54) is 0 Å². The van der Waals surface area contributed by atoms with Crippen molar-refractivity contribution >= 4 is 5.78 Å². The molecular formula is C12H22O3. The molecule has 1 rings (SSSR count). The highest BCUT2D eigenvalue weighted by molar-refractivity contribution is 5.79. The maximum absolute atomic E-state index is 11.6. The maximum atomic E-state index is 11.6. The number of ketones is 1. The van der Waals surface area contributed by atoms with E-state index in [0.717, 1.165) is 12.8 Å². The van der Waals surface area contributed by atoms with Crippen molar-refractivity contribution in [3.05, 3.63) is 0 Å². The van der Waals surface area contributed by atoms with Gasteiger partial charge in [0.25, 0.3) is 0 Å². The van der Waals surface area contributed by atoms with Gasteiger partial charge in [-0.1, -0.05) is 13.8 Å². The van der Waals surface area contributed by atoms with Crippen LogP contribution in [0.25, 0.3) is 0 Å². The van der Waals surface area contributed by atoms with Gasteiger partial charge in [0.05, 0.1) is 0 Å². The van der Waals surface area contributed by atoms with E-state index >= 15 is 0 Å². The summed E-state index contributed by atoms with van der Waals surface area (Å²) in [6.07, 6.45) is 1.68. The molecular weight excluding hydrogens is 192 g/mol. The number of rotatable bonds is 4. The van der Waals surface area contributed by atoms with E-state index in [-0.39, 0.29) is 29.3 Å². The molecule has 1 saturated carbocycles. The standard InChI is InChI=1S/C12H22O3/c1-8(13)9-6-12(2,3)7-10(9)11(14-4)15-5/h9-11H,6-7H2,1-5H3/t9-,10-/m1/s1. The Morgan fingerprint density at radius 2 is 1.80 bits per heavy atom. The lowest BCUT2D eigenvalue weighted by Gasteiger charge is -2.25. The van der Waals surface area contributed by atoms with Crippen molar-refractivity contribution in [2.45, 2.75) is 39.9 Å². The van der Waals surface area contributed by atoms with Crippen molar-refractivity contribution in [1.29, 1.82) is 0 Å². The summed E-state index contributed by atoms with van der Waals surface area (Å²) >= 11 is 0. The van der Waals surface area contributed by atoms with Gasteiger partial charge < -0.3 is 9.47 Å². The van der Waals surface area contributed by atoms with E-state index in [1.807, 2.05) is 0 Å². The van der Waals surface area contributed by atoms with Crippen molar-refractivity contribution in [1.82, 2.24) is 0 Å². The van der Waals surface area contributed by atoms with Crippen LogP contribution in [-0.2, 0) is 14.3 Å². The Bertz CT molecular complexity index is 231.